The van der Waals surface area contributed by atoms with Gasteiger partial charge in [-0.3, -0.25) is 4.79 Å². The van der Waals surface area contributed by atoms with E-state index in [1.165, 1.54) is 6.26 Å². The fourth-order valence-electron chi connectivity index (χ4n) is 1.95. The predicted octanol–water partition coefficient (Wildman–Crippen LogP) is 2.59. The van der Waals surface area contributed by atoms with E-state index in [0.717, 1.165) is 11.1 Å². The molecular weight excluding hydrogens is 232 g/mol. The highest BCUT2D eigenvalue weighted by Gasteiger charge is 2.16. The Morgan fingerprint density at radius 3 is 2.72 bits per heavy atom. The van der Waals surface area contributed by atoms with Gasteiger partial charge in [0.1, 0.15) is 17.4 Å². The molecule has 0 aliphatic rings. The molecule has 0 aliphatic heterocycles. The van der Waals surface area contributed by atoms with Gasteiger partial charge in [-0.1, -0.05) is 6.07 Å². The summed E-state index contributed by atoms with van der Waals surface area (Å²) in [6.45, 7) is 5.67. The van der Waals surface area contributed by atoms with Crippen LogP contribution < -0.4 is 5.43 Å². The van der Waals surface area contributed by atoms with Gasteiger partial charge >= 0.3 is 5.97 Å². The molecule has 0 amide bonds. The molecule has 18 heavy (non-hydrogen) atoms. The van der Waals surface area contributed by atoms with Crippen LogP contribution in [0.5, 0.6) is 0 Å². The average molecular weight is 246 g/mol. The third kappa shape index (κ3) is 2.01. The quantitative estimate of drug-likeness (QED) is 0.764. The largest absolute Gasteiger partial charge is 0.463 e. The molecule has 0 radical (unpaired) electrons. The van der Waals surface area contributed by atoms with Crippen LogP contribution in [0.25, 0.3) is 11.0 Å². The SMILES string of the molecule is CCOC(=O)c1coc2c(C)cc(C)cc2c1=O. The molecule has 0 aliphatic carbocycles. The van der Waals surface area contributed by atoms with Gasteiger partial charge in [0.25, 0.3) is 0 Å². The molecular formula is C14H14O4. The third-order valence-electron chi connectivity index (χ3n) is 2.70. The fraction of sp³-hybridized carbons (Fsp3) is 0.286. The summed E-state index contributed by atoms with van der Waals surface area (Å²) in [4.78, 5) is 23.8. The summed E-state index contributed by atoms with van der Waals surface area (Å²) in [5, 5.41) is 0.415. The molecule has 2 aromatic rings. The number of esters is 1. The summed E-state index contributed by atoms with van der Waals surface area (Å²) in [7, 11) is 0. The average Bonchev–Trinajstić information content (AvgIpc) is 2.30. The van der Waals surface area contributed by atoms with E-state index in [1.807, 2.05) is 19.9 Å². The lowest BCUT2D eigenvalue weighted by atomic mass is 10.1. The second kappa shape index (κ2) is 4.64. The molecule has 4 heteroatoms. The summed E-state index contributed by atoms with van der Waals surface area (Å²) in [6, 6.07) is 3.65. The normalized spacial score (nSPS) is 10.6. The summed E-state index contributed by atoms with van der Waals surface area (Å²) in [6.07, 6.45) is 1.17. The van der Waals surface area contributed by atoms with Gasteiger partial charge in [-0.05, 0) is 38.0 Å². The first kappa shape index (κ1) is 12.4. The Morgan fingerprint density at radius 2 is 2.06 bits per heavy atom. The van der Waals surface area contributed by atoms with Crippen LogP contribution in [0, 0.1) is 13.8 Å². The van der Waals surface area contributed by atoms with E-state index in [2.05, 4.69) is 0 Å². The van der Waals surface area contributed by atoms with Crippen LogP contribution >= 0.6 is 0 Å². The summed E-state index contributed by atoms with van der Waals surface area (Å²) in [5.74, 6) is -0.646. The number of ether oxygens (including phenoxy) is 1. The van der Waals surface area contributed by atoms with Crippen LogP contribution in [0.2, 0.25) is 0 Å². The fourth-order valence-corrected chi connectivity index (χ4v) is 1.95. The van der Waals surface area contributed by atoms with Gasteiger partial charge in [0.15, 0.2) is 0 Å². The van der Waals surface area contributed by atoms with Crippen molar-refractivity contribution in [2.45, 2.75) is 20.8 Å². The number of hydrogen-bond donors (Lipinski definition) is 0. The standard InChI is InChI=1S/C14H14O4/c1-4-17-14(16)11-7-18-13-9(3)5-8(2)6-10(13)12(11)15/h5-7H,4H2,1-3H3. The molecule has 0 bridgehead atoms. The molecule has 0 saturated carbocycles. The zero-order valence-corrected chi connectivity index (χ0v) is 10.6. The van der Waals surface area contributed by atoms with Crippen molar-refractivity contribution in [3.8, 4) is 0 Å². The highest BCUT2D eigenvalue weighted by atomic mass is 16.5. The molecule has 0 fully saturated rings. The van der Waals surface area contributed by atoms with E-state index in [4.69, 9.17) is 9.15 Å². The molecule has 2 rings (SSSR count). The zero-order valence-electron chi connectivity index (χ0n) is 10.6. The summed E-state index contributed by atoms with van der Waals surface area (Å²) < 4.78 is 10.2. The van der Waals surface area contributed by atoms with E-state index in [1.54, 1.807) is 13.0 Å². The molecule has 0 saturated heterocycles. The minimum absolute atomic E-state index is 0.0608. The number of carbonyl (C=O) groups is 1. The molecule has 0 spiro atoms. The first-order valence-corrected chi connectivity index (χ1v) is 5.74. The van der Waals surface area contributed by atoms with Gasteiger partial charge in [-0.25, -0.2) is 4.79 Å². The maximum atomic E-state index is 12.2. The first-order chi connectivity index (χ1) is 8.54. The maximum Gasteiger partial charge on any atom is 0.345 e. The number of carbonyl (C=O) groups excluding carboxylic acids is 1. The van der Waals surface area contributed by atoms with E-state index < -0.39 is 5.97 Å². The number of fused-ring (bicyclic) bond motifs is 1. The highest BCUT2D eigenvalue weighted by molar-refractivity contribution is 5.93. The second-order valence-electron chi connectivity index (χ2n) is 4.16. The van der Waals surface area contributed by atoms with Crippen LogP contribution in [0.15, 0.2) is 27.6 Å². The van der Waals surface area contributed by atoms with Crippen molar-refractivity contribution in [3.63, 3.8) is 0 Å². The van der Waals surface area contributed by atoms with Gasteiger partial charge in [-0.15, -0.1) is 0 Å². The van der Waals surface area contributed by atoms with E-state index in [9.17, 15) is 9.59 Å². The van der Waals surface area contributed by atoms with Crippen LogP contribution in [0.4, 0.5) is 0 Å². The molecule has 0 atom stereocenters. The summed E-state index contributed by atoms with van der Waals surface area (Å²) >= 11 is 0. The van der Waals surface area contributed by atoms with Crippen molar-refractivity contribution >= 4 is 16.9 Å². The van der Waals surface area contributed by atoms with Crippen LogP contribution in [-0.4, -0.2) is 12.6 Å². The zero-order chi connectivity index (χ0) is 13.3. The van der Waals surface area contributed by atoms with Gasteiger partial charge in [0.2, 0.25) is 5.43 Å². The van der Waals surface area contributed by atoms with Crippen molar-refractivity contribution in [3.05, 3.63) is 45.3 Å². The van der Waals surface area contributed by atoms with Crippen LogP contribution in [-0.2, 0) is 4.74 Å². The summed E-state index contributed by atoms with van der Waals surface area (Å²) in [5.41, 5.74) is 1.93. The predicted molar refractivity (Wildman–Crippen MR) is 67.9 cm³/mol. The highest BCUT2D eigenvalue weighted by Crippen LogP contribution is 2.18. The Labute approximate surface area is 104 Å². The smallest absolute Gasteiger partial charge is 0.345 e. The molecule has 0 N–H and O–H groups in total. The Kier molecular flexibility index (Phi) is 3.19. The van der Waals surface area contributed by atoms with Crippen molar-refractivity contribution in [2.24, 2.45) is 0 Å². The van der Waals surface area contributed by atoms with Crippen LogP contribution in [0.1, 0.15) is 28.4 Å². The number of hydrogen-bond acceptors (Lipinski definition) is 4. The topological polar surface area (TPSA) is 56.5 Å². The first-order valence-electron chi connectivity index (χ1n) is 5.74. The molecule has 1 aromatic carbocycles. The lowest BCUT2D eigenvalue weighted by Crippen LogP contribution is -2.17. The molecule has 94 valence electrons. The maximum absolute atomic E-state index is 12.2. The van der Waals surface area contributed by atoms with Crippen molar-refractivity contribution in [1.29, 1.82) is 0 Å². The minimum atomic E-state index is -0.646. The Bertz CT molecular complexity index is 667. The lowest BCUT2D eigenvalue weighted by Gasteiger charge is -2.05. The Hall–Kier alpha value is -2.10. The van der Waals surface area contributed by atoms with Gasteiger partial charge in [-0.2, -0.15) is 0 Å². The molecule has 1 aromatic heterocycles. The van der Waals surface area contributed by atoms with Crippen molar-refractivity contribution in [2.75, 3.05) is 6.61 Å². The monoisotopic (exact) mass is 246 g/mol. The van der Waals surface area contributed by atoms with Crippen molar-refractivity contribution < 1.29 is 13.9 Å². The minimum Gasteiger partial charge on any atom is -0.463 e. The molecule has 0 unspecified atom stereocenters. The van der Waals surface area contributed by atoms with Gasteiger partial charge in [0.05, 0.1) is 12.0 Å². The molecule has 4 nitrogen and oxygen atoms in total. The number of rotatable bonds is 2. The van der Waals surface area contributed by atoms with E-state index in [-0.39, 0.29) is 17.6 Å². The number of benzene rings is 1. The van der Waals surface area contributed by atoms with Crippen LogP contribution in [0.3, 0.4) is 0 Å². The lowest BCUT2D eigenvalue weighted by molar-refractivity contribution is 0.0522. The van der Waals surface area contributed by atoms with Gasteiger partial charge in [0, 0.05) is 0 Å². The second-order valence-corrected chi connectivity index (χ2v) is 4.16. The Morgan fingerprint density at radius 1 is 1.33 bits per heavy atom. The van der Waals surface area contributed by atoms with E-state index in [0.29, 0.717) is 11.0 Å². The number of aryl methyl sites for hydroxylation is 2. The Balaban J connectivity index is 2.71. The van der Waals surface area contributed by atoms with Gasteiger partial charge < -0.3 is 9.15 Å². The molecule has 1 heterocycles. The third-order valence-corrected chi connectivity index (χ3v) is 2.70. The van der Waals surface area contributed by atoms with Crippen molar-refractivity contribution in [1.82, 2.24) is 0 Å². The van der Waals surface area contributed by atoms with E-state index >= 15 is 0 Å².